The Bertz CT molecular complexity index is 609. The summed E-state index contributed by atoms with van der Waals surface area (Å²) in [5, 5.41) is 3.58. The van der Waals surface area contributed by atoms with Gasteiger partial charge in [0.05, 0.1) is 26.4 Å². The maximum atomic E-state index is 11.5. The van der Waals surface area contributed by atoms with E-state index in [1.165, 1.54) is 7.11 Å². The average Bonchev–Trinajstić information content (AvgIpc) is 2.96. The molecule has 20 heavy (non-hydrogen) atoms. The third kappa shape index (κ3) is 2.71. The monoisotopic (exact) mass is 278 g/mol. The van der Waals surface area contributed by atoms with E-state index < -0.39 is 5.97 Å². The number of methoxy groups -OCH3 is 2. The van der Waals surface area contributed by atoms with Gasteiger partial charge in [-0.15, -0.1) is 0 Å². The number of nitrogens with zero attached hydrogens (tertiary/aromatic N) is 2. The highest BCUT2D eigenvalue weighted by Crippen LogP contribution is 2.32. The Kier molecular flexibility index (Phi) is 4.19. The topological polar surface area (TPSA) is 83.7 Å². The summed E-state index contributed by atoms with van der Waals surface area (Å²) >= 11 is 0. The minimum Gasteiger partial charge on any atom is -0.497 e. The van der Waals surface area contributed by atoms with E-state index in [-0.39, 0.29) is 18.3 Å². The molecular formula is C13H14N2O5. The molecule has 0 amide bonds. The van der Waals surface area contributed by atoms with E-state index in [0.717, 1.165) is 0 Å². The van der Waals surface area contributed by atoms with Crippen LogP contribution in [0.5, 0.6) is 11.5 Å². The van der Waals surface area contributed by atoms with Crippen LogP contribution in [0.25, 0.3) is 11.5 Å². The molecule has 0 aliphatic carbocycles. The number of carbonyl (C=O) groups is 1. The summed E-state index contributed by atoms with van der Waals surface area (Å²) in [5.41, 5.74) is 0.537. The standard InChI is InChI=1S/C13H14N2O5/c1-4-19-13(16)11-14-12(20-15-11)9-7-8(17-2)5-6-10(9)18-3/h5-7H,4H2,1-3H3. The van der Waals surface area contributed by atoms with Crippen molar-refractivity contribution in [3.05, 3.63) is 24.0 Å². The Labute approximate surface area is 115 Å². The lowest BCUT2D eigenvalue weighted by molar-refractivity contribution is 0.0508. The molecule has 1 heterocycles. The van der Waals surface area contributed by atoms with E-state index in [2.05, 4.69) is 10.1 Å². The highest BCUT2D eigenvalue weighted by Gasteiger charge is 2.19. The van der Waals surface area contributed by atoms with Crippen LogP contribution in [-0.4, -0.2) is 36.9 Å². The third-order valence-electron chi connectivity index (χ3n) is 2.52. The van der Waals surface area contributed by atoms with Crippen molar-refractivity contribution >= 4 is 5.97 Å². The van der Waals surface area contributed by atoms with Crippen LogP contribution < -0.4 is 9.47 Å². The minimum absolute atomic E-state index is 0.133. The fraction of sp³-hybridized carbons (Fsp3) is 0.308. The molecule has 1 aromatic heterocycles. The van der Waals surface area contributed by atoms with E-state index in [0.29, 0.717) is 17.1 Å². The molecule has 0 saturated carbocycles. The van der Waals surface area contributed by atoms with Crippen LogP contribution in [0.2, 0.25) is 0 Å². The van der Waals surface area contributed by atoms with E-state index in [1.807, 2.05) is 0 Å². The largest absolute Gasteiger partial charge is 0.497 e. The summed E-state index contributed by atoms with van der Waals surface area (Å²) in [7, 11) is 3.07. The second-order valence-corrected chi connectivity index (χ2v) is 3.71. The first kappa shape index (κ1) is 13.9. The van der Waals surface area contributed by atoms with E-state index in [1.54, 1.807) is 32.2 Å². The molecule has 0 unspecified atom stereocenters. The van der Waals surface area contributed by atoms with Gasteiger partial charge in [-0.3, -0.25) is 0 Å². The molecular weight excluding hydrogens is 264 g/mol. The molecule has 106 valence electrons. The molecule has 2 aromatic rings. The Balaban J connectivity index is 2.38. The van der Waals surface area contributed by atoms with Crippen LogP contribution in [0.15, 0.2) is 22.7 Å². The summed E-state index contributed by atoms with van der Waals surface area (Å²) < 4.78 is 20.2. The van der Waals surface area contributed by atoms with Crippen LogP contribution in [0.4, 0.5) is 0 Å². The van der Waals surface area contributed by atoms with Crippen LogP contribution in [0, 0.1) is 0 Å². The lowest BCUT2D eigenvalue weighted by Gasteiger charge is -2.06. The SMILES string of the molecule is CCOC(=O)c1noc(-c2cc(OC)ccc2OC)n1. The van der Waals surface area contributed by atoms with Crippen molar-refractivity contribution in [3.8, 4) is 23.0 Å². The number of rotatable bonds is 5. The molecule has 0 aliphatic rings. The molecule has 7 nitrogen and oxygen atoms in total. The van der Waals surface area contributed by atoms with Gasteiger partial charge in [0.15, 0.2) is 0 Å². The van der Waals surface area contributed by atoms with Gasteiger partial charge >= 0.3 is 5.97 Å². The zero-order chi connectivity index (χ0) is 14.5. The maximum absolute atomic E-state index is 11.5. The highest BCUT2D eigenvalue weighted by molar-refractivity contribution is 5.85. The number of carbonyl (C=O) groups excluding carboxylic acids is 1. The number of ether oxygens (including phenoxy) is 3. The van der Waals surface area contributed by atoms with Crippen LogP contribution >= 0.6 is 0 Å². The van der Waals surface area contributed by atoms with Gasteiger partial charge in [0.2, 0.25) is 0 Å². The predicted molar refractivity (Wildman–Crippen MR) is 68.8 cm³/mol. The number of esters is 1. The van der Waals surface area contributed by atoms with Gasteiger partial charge in [-0.25, -0.2) is 4.79 Å². The first-order valence-corrected chi connectivity index (χ1v) is 5.92. The second kappa shape index (κ2) is 6.05. The van der Waals surface area contributed by atoms with Crippen molar-refractivity contribution in [2.75, 3.05) is 20.8 Å². The van der Waals surface area contributed by atoms with Gasteiger partial charge in [-0.05, 0) is 30.3 Å². The van der Waals surface area contributed by atoms with E-state index >= 15 is 0 Å². The van der Waals surface area contributed by atoms with Crippen LogP contribution in [0.3, 0.4) is 0 Å². The van der Waals surface area contributed by atoms with Crippen LogP contribution in [-0.2, 0) is 4.74 Å². The first-order chi connectivity index (χ1) is 9.69. The zero-order valence-corrected chi connectivity index (χ0v) is 11.4. The Morgan fingerprint density at radius 3 is 2.75 bits per heavy atom. The Morgan fingerprint density at radius 2 is 2.10 bits per heavy atom. The van der Waals surface area contributed by atoms with Crippen molar-refractivity contribution in [1.29, 1.82) is 0 Å². The summed E-state index contributed by atoms with van der Waals surface area (Å²) in [6, 6.07) is 5.13. The van der Waals surface area contributed by atoms with Crippen molar-refractivity contribution in [2.24, 2.45) is 0 Å². The van der Waals surface area contributed by atoms with E-state index in [9.17, 15) is 4.79 Å². The molecule has 0 spiro atoms. The van der Waals surface area contributed by atoms with Gasteiger partial charge in [-0.2, -0.15) is 4.98 Å². The average molecular weight is 278 g/mol. The summed E-state index contributed by atoms with van der Waals surface area (Å²) in [6.07, 6.45) is 0. The summed E-state index contributed by atoms with van der Waals surface area (Å²) in [5.74, 6) is 0.529. The first-order valence-electron chi connectivity index (χ1n) is 5.92. The molecule has 0 aliphatic heterocycles. The summed E-state index contributed by atoms with van der Waals surface area (Å²) in [6.45, 7) is 1.94. The van der Waals surface area contributed by atoms with Crippen molar-refractivity contribution in [3.63, 3.8) is 0 Å². The fourth-order valence-electron chi connectivity index (χ4n) is 1.59. The molecule has 0 radical (unpaired) electrons. The Hall–Kier alpha value is -2.57. The van der Waals surface area contributed by atoms with Crippen molar-refractivity contribution < 1.29 is 23.5 Å². The van der Waals surface area contributed by atoms with Gasteiger partial charge in [-0.1, -0.05) is 0 Å². The van der Waals surface area contributed by atoms with E-state index in [4.69, 9.17) is 18.7 Å². The van der Waals surface area contributed by atoms with Gasteiger partial charge in [0.1, 0.15) is 11.5 Å². The Morgan fingerprint density at radius 1 is 1.30 bits per heavy atom. The third-order valence-corrected chi connectivity index (χ3v) is 2.52. The predicted octanol–water partition coefficient (Wildman–Crippen LogP) is 1.93. The maximum Gasteiger partial charge on any atom is 0.379 e. The van der Waals surface area contributed by atoms with Gasteiger partial charge < -0.3 is 18.7 Å². The molecule has 0 atom stereocenters. The van der Waals surface area contributed by atoms with Crippen molar-refractivity contribution in [1.82, 2.24) is 10.1 Å². The second-order valence-electron chi connectivity index (χ2n) is 3.71. The van der Waals surface area contributed by atoms with Gasteiger partial charge in [0, 0.05) is 0 Å². The fourth-order valence-corrected chi connectivity index (χ4v) is 1.59. The number of hydrogen-bond acceptors (Lipinski definition) is 7. The summed E-state index contributed by atoms with van der Waals surface area (Å²) in [4.78, 5) is 15.5. The smallest absolute Gasteiger partial charge is 0.379 e. The quantitative estimate of drug-likeness (QED) is 0.772. The molecule has 0 fully saturated rings. The molecule has 1 aromatic carbocycles. The normalized spacial score (nSPS) is 10.2. The van der Waals surface area contributed by atoms with Crippen molar-refractivity contribution in [2.45, 2.75) is 6.92 Å². The number of hydrogen-bond donors (Lipinski definition) is 0. The lowest BCUT2D eigenvalue weighted by Crippen LogP contribution is -2.06. The molecule has 2 rings (SSSR count). The highest BCUT2D eigenvalue weighted by atomic mass is 16.5. The lowest BCUT2D eigenvalue weighted by atomic mass is 10.2. The molecule has 7 heteroatoms. The zero-order valence-electron chi connectivity index (χ0n) is 11.4. The minimum atomic E-state index is -0.635. The van der Waals surface area contributed by atoms with Gasteiger partial charge in [0.25, 0.3) is 11.7 Å². The molecule has 0 N–H and O–H groups in total. The number of aromatic nitrogens is 2. The molecule has 0 bridgehead atoms. The van der Waals surface area contributed by atoms with Crippen LogP contribution in [0.1, 0.15) is 17.5 Å². The molecule has 0 saturated heterocycles. The number of benzene rings is 1.